The molecule has 1 N–H and O–H groups in total. The van der Waals surface area contributed by atoms with Gasteiger partial charge in [-0.25, -0.2) is 9.37 Å². The average Bonchev–Trinajstić information content (AvgIpc) is 2.92. The van der Waals surface area contributed by atoms with Crippen LogP contribution in [0.15, 0.2) is 48.5 Å². The largest absolute Gasteiger partial charge is 0.343 e. The van der Waals surface area contributed by atoms with E-state index in [-0.39, 0.29) is 17.8 Å². The van der Waals surface area contributed by atoms with E-state index in [1.54, 1.807) is 12.1 Å². The van der Waals surface area contributed by atoms with Crippen LogP contribution in [-0.2, 0) is 0 Å². The van der Waals surface area contributed by atoms with Crippen molar-refractivity contribution in [1.82, 2.24) is 10.3 Å². The Hall–Kier alpha value is -2.27. The summed E-state index contributed by atoms with van der Waals surface area (Å²) in [6.07, 6.45) is 0. The SMILES string of the molecule is CC(NC(=O)c1nc2ccccc2s1)c1ccc(F)cc1. The maximum atomic E-state index is 12.9. The number of nitrogens with zero attached hydrogens (tertiary/aromatic N) is 1. The highest BCUT2D eigenvalue weighted by Gasteiger charge is 2.15. The molecule has 1 unspecified atom stereocenters. The third kappa shape index (κ3) is 2.92. The van der Waals surface area contributed by atoms with Crippen LogP contribution in [0.4, 0.5) is 4.39 Å². The van der Waals surface area contributed by atoms with E-state index >= 15 is 0 Å². The van der Waals surface area contributed by atoms with Crippen LogP contribution in [0.25, 0.3) is 10.2 Å². The second-order valence-corrected chi connectivity index (χ2v) is 5.76. The van der Waals surface area contributed by atoms with Gasteiger partial charge in [0.05, 0.1) is 16.3 Å². The maximum absolute atomic E-state index is 12.9. The van der Waals surface area contributed by atoms with Crippen molar-refractivity contribution < 1.29 is 9.18 Å². The molecule has 0 radical (unpaired) electrons. The van der Waals surface area contributed by atoms with Crippen LogP contribution in [0.5, 0.6) is 0 Å². The summed E-state index contributed by atoms with van der Waals surface area (Å²) in [7, 11) is 0. The number of benzene rings is 2. The molecular weight excluding hydrogens is 287 g/mol. The highest BCUT2D eigenvalue weighted by molar-refractivity contribution is 7.20. The molecule has 0 saturated carbocycles. The average molecular weight is 300 g/mol. The highest BCUT2D eigenvalue weighted by Crippen LogP contribution is 2.22. The number of carbonyl (C=O) groups is 1. The Balaban J connectivity index is 1.77. The molecule has 1 amide bonds. The predicted molar refractivity (Wildman–Crippen MR) is 81.9 cm³/mol. The minimum Gasteiger partial charge on any atom is -0.343 e. The molecule has 106 valence electrons. The number of nitrogens with one attached hydrogen (secondary N) is 1. The molecule has 1 aromatic heterocycles. The lowest BCUT2D eigenvalue weighted by Crippen LogP contribution is -2.26. The first-order chi connectivity index (χ1) is 10.1. The van der Waals surface area contributed by atoms with Crippen LogP contribution >= 0.6 is 11.3 Å². The number of rotatable bonds is 3. The fourth-order valence-corrected chi connectivity index (χ4v) is 2.93. The van der Waals surface area contributed by atoms with Gasteiger partial charge in [0.15, 0.2) is 5.01 Å². The zero-order valence-electron chi connectivity index (χ0n) is 11.3. The van der Waals surface area contributed by atoms with Crippen LogP contribution in [-0.4, -0.2) is 10.9 Å². The molecule has 0 saturated heterocycles. The molecule has 0 aliphatic rings. The Morgan fingerprint density at radius 3 is 2.62 bits per heavy atom. The zero-order valence-corrected chi connectivity index (χ0v) is 12.2. The van der Waals surface area contributed by atoms with Gasteiger partial charge >= 0.3 is 0 Å². The second-order valence-electron chi connectivity index (χ2n) is 4.73. The lowest BCUT2D eigenvalue weighted by molar-refractivity contribution is 0.0939. The van der Waals surface area contributed by atoms with Gasteiger partial charge in [0.1, 0.15) is 5.82 Å². The number of thiazole rings is 1. The molecule has 5 heteroatoms. The van der Waals surface area contributed by atoms with Crippen LogP contribution in [0, 0.1) is 5.82 Å². The number of hydrogen-bond acceptors (Lipinski definition) is 3. The van der Waals surface area contributed by atoms with Crippen molar-refractivity contribution >= 4 is 27.5 Å². The highest BCUT2D eigenvalue weighted by atomic mass is 32.1. The van der Waals surface area contributed by atoms with E-state index < -0.39 is 0 Å². The third-order valence-electron chi connectivity index (χ3n) is 3.21. The minimum atomic E-state index is -0.288. The lowest BCUT2D eigenvalue weighted by Gasteiger charge is -2.13. The fourth-order valence-electron chi connectivity index (χ4n) is 2.06. The normalized spacial score (nSPS) is 12.3. The van der Waals surface area contributed by atoms with Crippen molar-refractivity contribution in [3.05, 3.63) is 64.9 Å². The first kappa shape index (κ1) is 13.7. The summed E-state index contributed by atoms with van der Waals surface area (Å²) < 4.78 is 13.9. The molecular formula is C16H13FN2OS. The van der Waals surface area contributed by atoms with Crippen LogP contribution in [0.1, 0.15) is 28.3 Å². The number of para-hydroxylation sites is 1. The molecule has 0 aliphatic heterocycles. The summed E-state index contributed by atoms with van der Waals surface area (Å²) in [5.74, 6) is -0.503. The molecule has 0 bridgehead atoms. The molecule has 0 aliphatic carbocycles. The molecule has 21 heavy (non-hydrogen) atoms. The van der Waals surface area contributed by atoms with Crippen LogP contribution < -0.4 is 5.32 Å². The van der Waals surface area contributed by atoms with E-state index in [9.17, 15) is 9.18 Å². The van der Waals surface area contributed by atoms with Crippen molar-refractivity contribution in [2.75, 3.05) is 0 Å². The second kappa shape index (κ2) is 5.61. The number of fused-ring (bicyclic) bond motifs is 1. The zero-order chi connectivity index (χ0) is 14.8. The van der Waals surface area contributed by atoms with Crippen molar-refractivity contribution in [3.63, 3.8) is 0 Å². The lowest BCUT2D eigenvalue weighted by atomic mass is 10.1. The topological polar surface area (TPSA) is 42.0 Å². The Labute approximate surface area is 125 Å². The predicted octanol–water partition coefficient (Wildman–Crippen LogP) is 3.93. The van der Waals surface area contributed by atoms with Gasteiger partial charge in [0, 0.05) is 0 Å². The first-order valence-corrected chi connectivity index (χ1v) is 7.37. The van der Waals surface area contributed by atoms with Crippen LogP contribution in [0.2, 0.25) is 0 Å². The summed E-state index contributed by atoms with van der Waals surface area (Å²) in [6.45, 7) is 1.86. The standard InChI is InChI=1S/C16H13FN2OS/c1-10(11-6-8-12(17)9-7-11)18-15(20)16-19-13-4-2-3-5-14(13)21-16/h2-10H,1H3,(H,18,20). The number of amides is 1. The monoisotopic (exact) mass is 300 g/mol. The van der Waals surface area contributed by atoms with Gasteiger partial charge in [0.25, 0.3) is 5.91 Å². The molecule has 3 rings (SSSR count). The van der Waals surface area contributed by atoms with Crippen molar-refractivity contribution in [1.29, 1.82) is 0 Å². The van der Waals surface area contributed by atoms with E-state index in [0.717, 1.165) is 15.8 Å². The first-order valence-electron chi connectivity index (χ1n) is 6.55. The van der Waals surface area contributed by atoms with E-state index in [2.05, 4.69) is 10.3 Å². The molecule has 3 nitrogen and oxygen atoms in total. The van der Waals surface area contributed by atoms with Gasteiger partial charge in [-0.1, -0.05) is 24.3 Å². The molecule has 0 fully saturated rings. The van der Waals surface area contributed by atoms with Crippen molar-refractivity contribution in [2.24, 2.45) is 0 Å². The molecule has 1 heterocycles. The summed E-state index contributed by atoms with van der Waals surface area (Å²) in [6, 6.07) is 13.5. The fraction of sp³-hybridized carbons (Fsp3) is 0.125. The van der Waals surface area contributed by atoms with E-state index in [4.69, 9.17) is 0 Å². The quantitative estimate of drug-likeness (QED) is 0.796. The molecule has 2 aromatic carbocycles. The number of halogens is 1. The summed E-state index contributed by atoms with van der Waals surface area (Å²) in [4.78, 5) is 16.5. The van der Waals surface area contributed by atoms with Gasteiger partial charge in [-0.15, -0.1) is 11.3 Å². The van der Waals surface area contributed by atoms with Crippen LogP contribution in [0.3, 0.4) is 0 Å². The summed E-state index contributed by atoms with van der Waals surface area (Å²) in [5.41, 5.74) is 1.67. The third-order valence-corrected chi connectivity index (χ3v) is 4.24. The Morgan fingerprint density at radius 2 is 1.90 bits per heavy atom. The van der Waals surface area contributed by atoms with Gasteiger partial charge in [-0.05, 0) is 36.8 Å². The van der Waals surface area contributed by atoms with Crippen molar-refractivity contribution in [2.45, 2.75) is 13.0 Å². The van der Waals surface area contributed by atoms with E-state index in [1.807, 2.05) is 31.2 Å². The Bertz CT molecular complexity index is 749. The van der Waals surface area contributed by atoms with E-state index in [0.29, 0.717) is 5.01 Å². The van der Waals surface area contributed by atoms with E-state index in [1.165, 1.54) is 23.5 Å². The Kier molecular flexibility index (Phi) is 3.66. The van der Waals surface area contributed by atoms with Gasteiger partial charge in [-0.3, -0.25) is 4.79 Å². The van der Waals surface area contributed by atoms with Gasteiger partial charge in [0.2, 0.25) is 0 Å². The minimum absolute atomic E-state index is 0.204. The summed E-state index contributed by atoms with van der Waals surface area (Å²) >= 11 is 1.36. The smallest absolute Gasteiger partial charge is 0.280 e. The number of carbonyl (C=O) groups excluding carboxylic acids is 1. The summed E-state index contributed by atoms with van der Waals surface area (Å²) in [5, 5.41) is 3.31. The molecule has 0 spiro atoms. The molecule has 3 aromatic rings. The van der Waals surface area contributed by atoms with Gasteiger partial charge < -0.3 is 5.32 Å². The number of hydrogen-bond donors (Lipinski definition) is 1. The maximum Gasteiger partial charge on any atom is 0.280 e. The number of aromatic nitrogens is 1. The van der Waals surface area contributed by atoms with Gasteiger partial charge in [-0.2, -0.15) is 0 Å². The van der Waals surface area contributed by atoms with Crippen molar-refractivity contribution in [3.8, 4) is 0 Å². The Morgan fingerprint density at radius 1 is 1.19 bits per heavy atom. The molecule has 1 atom stereocenters.